The van der Waals surface area contributed by atoms with Crippen LogP contribution >= 0.6 is 0 Å². The van der Waals surface area contributed by atoms with Gasteiger partial charge in [-0.05, 0) is 64.4 Å². The Bertz CT molecular complexity index is 734. The lowest BCUT2D eigenvalue weighted by Gasteiger charge is -2.32. The molecule has 2 aromatic rings. The first kappa shape index (κ1) is 18.6. The minimum atomic E-state index is -0.00536. The van der Waals surface area contributed by atoms with Gasteiger partial charge in [0, 0.05) is 24.2 Å². The van der Waals surface area contributed by atoms with Gasteiger partial charge in [0.2, 0.25) is 0 Å². The van der Waals surface area contributed by atoms with E-state index in [-0.39, 0.29) is 11.9 Å². The Balaban J connectivity index is 1.69. The third kappa shape index (κ3) is 4.70. The van der Waals surface area contributed by atoms with Gasteiger partial charge in [-0.3, -0.25) is 14.7 Å². The Hall–Kier alpha value is -2.20. The van der Waals surface area contributed by atoms with Crippen LogP contribution in [0.3, 0.4) is 0 Å². The molecule has 26 heavy (non-hydrogen) atoms. The average molecular weight is 351 g/mol. The molecule has 0 bridgehead atoms. The standard InChI is InChI=1S/C22H29N3O/c1-16(2)23-22(26)20-10-9-17(3)24-21(20)19-11-13-25(14-12-19)15-18-7-5-4-6-8-18/h4-10,16,19H,11-15H2,1-3H3,(H,23,26). The Morgan fingerprint density at radius 1 is 1.15 bits per heavy atom. The van der Waals surface area contributed by atoms with Gasteiger partial charge in [0.25, 0.3) is 5.91 Å². The van der Waals surface area contributed by atoms with E-state index in [1.54, 1.807) is 0 Å². The zero-order valence-corrected chi connectivity index (χ0v) is 16.0. The van der Waals surface area contributed by atoms with E-state index >= 15 is 0 Å². The molecule has 0 atom stereocenters. The minimum Gasteiger partial charge on any atom is -0.350 e. The van der Waals surface area contributed by atoms with Gasteiger partial charge < -0.3 is 5.32 Å². The van der Waals surface area contributed by atoms with Gasteiger partial charge in [0.05, 0.1) is 11.3 Å². The van der Waals surface area contributed by atoms with Crippen molar-refractivity contribution in [2.24, 2.45) is 0 Å². The summed E-state index contributed by atoms with van der Waals surface area (Å²) in [5, 5.41) is 3.01. The van der Waals surface area contributed by atoms with Crippen molar-refractivity contribution in [3.8, 4) is 0 Å². The number of hydrogen-bond donors (Lipinski definition) is 1. The average Bonchev–Trinajstić information content (AvgIpc) is 2.62. The van der Waals surface area contributed by atoms with Crippen LogP contribution in [0.1, 0.15) is 59.9 Å². The van der Waals surface area contributed by atoms with Crippen molar-refractivity contribution in [1.82, 2.24) is 15.2 Å². The number of piperidine rings is 1. The first-order valence-corrected chi connectivity index (χ1v) is 9.57. The number of benzene rings is 1. The second-order valence-electron chi connectivity index (χ2n) is 7.55. The molecule has 4 nitrogen and oxygen atoms in total. The minimum absolute atomic E-state index is 0.00536. The van der Waals surface area contributed by atoms with E-state index in [9.17, 15) is 4.79 Å². The quantitative estimate of drug-likeness (QED) is 0.888. The molecule has 3 rings (SSSR count). The SMILES string of the molecule is Cc1ccc(C(=O)NC(C)C)c(C2CCN(Cc3ccccc3)CC2)n1. The van der Waals surface area contributed by atoms with Crippen LogP contribution in [0.15, 0.2) is 42.5 Å². The summed E-state index contributed by atoms with van der Waals surface area (Å²) in [7, 11) is 0. The third-order valence-corrected chi connectivity index (χ3v) is 4.95. The third-order valence-electron chi connectivity index (χ3n) is 4.95. The lowest BCUT2D eigenvalue weighted by Crippen LogP contribution is -2.35. The fraction of sp³-hybridized carbons (Fsp3) is 0.455. The number of carbonyl (C=O) groups excluding carboxylic acids is 1. The lowest BCUT2D eigenvalue weighted by molar-refractivity contribution is 0.0940. The summed E-state index contributed by atoms with van der Waals surface area (Å²) in [6.45, 7) is 9.05. The number of aromatic nitrogens is 1. The summed E-state index contributed by atoms with van der Waals surface area (Å²) in [4.78, 5) is 19.8. The highest BCUT2D eigenvalue weighted by atomic mass is 16.1. The molecule has 0 aliphatic carbocycles. The number of pyridine rings is 1. The van der Waals surface area contributed by atoms with Crippen molar-refractivity contribution >= 4 is 5.91 Å². The number of hydrogen-bond acceptors (Lipinski definition) is 3. The predicted molar refractivity (Wildman–Crippen MR) is 105 cm³/mol. The van der Waals surface area contributed by atoms with Crippen LogP contribution in [0.5, 0.6) is 0 Å². The zero-order valence-electron chi connectivity index (χ0n) is 16.0. The molecule has 0 radical (unpaired) electrons. The predicted octanol–water partition coefficient (Wildman–Crippen LogP) is 3.91. The lowest BCUT2D eigenvalue weighted by atomic mass is 9.89. The van der Waals surface area contributed by atoms with Crippen molar-refractivity contribution in [1.29, 1.82) is 0 Å². The van der Waals surface area contributed by atoms with Crippen LogP contribution in [-0.2, 0) is 6.54 Å². The maximum absolute atomic E-state index is 12.6. The topological polar surface area (TPSA) is 45.2 Å². The molecule has 0 unspecified atom stereocenters. The second kappa shape index (κ2) is 8.45. The smallest absolute Gasteiger partial charge is 0.253 e. The van der Waals surface area contributed by atoms with Crippen LogP contribution in [0.4, 0.5) is 0 Å². The van der Waals surface area contributed by atoms with Gasteiger partial charge in [0.1, 0.15) is 0 Å². The highest BCUT2D eigenvalue weighted by Crippen LogP contribution is 2.30. The van der Waals surface area contributed by atoms with Crippen molar-refractivity contribution < 1.29 is 4.79 Å². The summed E-state index contributed by atoms with van der Waals surface area (Å²) in [5.74, 6) is 0.351. The fourth-order valence-corrected chi connectivity index (χ4v) is 3.63. The molecule has 2 heterocycles. The normalized spacial score (nSPS) is 16.0. The zero-order chi connectivity index (χ0) is 18.5. The number of rotatable bonds is 5. The monoisotopic (exact) mass is 351 g/mol. The van der Waals surface area contributed by atoms with Gasteiger partial charge >= 0.3 is 0 Å². The van der Waals surface area contributed by atoms with E-state index in [1.807, 2.05) is 32.9 Å². The summed E-state index contributed by atoms with van der Waals surface area (Å²) in [6.07, 6.45) is 2.09. The van der Waals surface area contributed by atoms with Gasteiger partial charge in [-0.2, -0.15) is 0 Å². The number of carbonyl (C=O) groups is 1. The number of aryl methyl sites for hydroxylation is 1. The molecule has 138 valence electrons. The first-order chi connectivity index (χ1) is 12.5. The van der Waals surface area contributed by atoms with E-state index in [4.69, 9.17) is 4.98 Å². The maximum Gasteiger partial charge on any atom is 0.253 e. The van der Waals surface area contributed by atoms with Gasteiger partial charge in [-0.25, -0.2) is 0 Å². The molecule has 1 fully saturated rings. The number of amides is 1. The van der Waals surface area contributed by atoms with E-state index in [2.05, 4.69) is 40.5 Å². The van der Waals surface area contributed by atoms with Crippen molar-refractivity contribution in [2.75, 3.05) is 13.1 Å². The van der Waals surface area contributed by atoms with Gasteiger partial charge in [-0.15, -0.1) is 0 Å². The Kier molecular flexibility index (Phi) is 6.04. The molecular formula is C22H29N3O. The van der Waals surface area contributed by atoms with Crippen molar-refractivity contribution in [2.45, 2.75) is 52.1 Å². The highest BCUT2D eigenvalue weighted by molar-refractivity contribution is 5.95. The van der Waals surface area contributed by atoms with Crippen LogP contribution in [-0.4, -0.2) is 34.9 Å². The Morgan fingerprint density at radius 2 is 1.85 bits per heavy atom. The Morgan fingerprint density at radius 3 is 2.50 bits per heavy atom. The van der Waals surface area contributed by atoms with E-state index in [0.29, 0.717) is 5.92 Å². The molecule has 1 aromatic carbocycles. The van der Waals surface area contributed by atoms with Crippen molar-refractivity contribution in [3.63, 3.8) is 0 Å². The van der Waals surface area contributed by atoms with E-state index < -0.39 is 0 Å². The summed E-state index contributed by atoms with van der Waals surface area (Å²) < 4.78 is 0. The Labute approximate surface area is 156 Å². The fourth-order valence-electron chi connectivity index (χ4n) is 3.63. The molecule has 1 N–H and O–H groups in total. The molecule has 0 spiro atoms. The first-order valence-electron chi connectivity index (χ1n) is 9.57. The van der Waals surface area contributed by atoms with Crippen LogP contribution < -0.4 is 5.32 Å². The maximum atomic E-state index is 12.6. The van der Waals surface area contributed by atoms with Crippen LogP contribution in [0, 0.1) is 6.92 Å². The highest BCUT2D eigenvalue weighted by Gasteiger charge is 2.26. The van der Waals surface area contributed by atoms with Crippen molar-refractivity contribution in [3.05, 3.63) is 65.0 Å². The number of nitrogens with zero attached hydrogens (tertiary/aromatic N) is 2. The van der Waals surface area contributed by atoms with E-state index in [0.717, 1.165) is 49.4 Å². The molecule has 1 amide bonds. The molecule has 0 saturated carbocycles. The molecule has 1 aliphatic rings. The summed E-state index contributed by atoms with van der Waals surface area (Å²) >= 11 is 0. The van der Waals surface area contributed by atoms with Crippen LogP contribution in [0.25, 0.3) is 0 Å². The number of likely N-dealkylation sites (tertiary alicyclic amines) is 1. The second-order valence-corrected chi connectivity index (χ2v) is 7.55. The summed E-state index contributed by atoms with van der Waals surface area (Å²) in [5.41, 5.74) is 4.05. The molecule has 1 saturated heterocycles. The molecular weight excluding hydrogens is 322 g/mol. The van der Waals surface area contributed by atoms with E-state index in [1.165, 1.54) is 5.56 Å². The summed E-state index contributed by atoms with van der Waals surface area (Å²) in [6, 6.07) is 14.6. The van der Waals surface area contributed by atoms with Crippen LogP contribution in [0.2, 0.25) is 0 Å². The number of nitrogens with one attached hydrogen (secondary N) is 1. The molecule has 1 aliphatic heterocycles. The van der Waals surface area contributed by atoms with Gasteiger partial charge in [-0.1, -0.05) is 30.3 Å². The van der Waals surface area contributed by atoms with Gasteiger partial charge in [0.15, 0.2) is 0 Å². The molecule has 1 aromatic heterocycles. The largest absolute Gasteiger partial charge is 0.350 e. The molecule has 4 heteroatoms.